The normalized spacial score (nSPS) is 13.2. The summed E-state index contributed by atoms with van der Waals surface area (Å²) in [6.45, 7) is 13.1. The Bertz CT molecular complexity index is 342. The molecular weight excluding hydrogens is 222 g/mol. The number of aromatic nitrogens is 2. The first-order chi connectivity index (χ1) is 8.58. The molecule has 104 valence electrons. The van der Waals surface area contributed by atoms with Gasteiger partial charge in [0.15, 0.2) is 0 Å². The number of rotatable bonds is 8. The number of hydrogen-bond donors (Lipinski definition) is 1. The lowest BCUT2D eigenvalue weighted by atomic mass is 9.98. The van der Waals surface area contributed by atoms with Crippen molar-refractivity contribution >= 4 is 0 Å². The highest BCUT2D eigenvalue weighted by atomic mass is 15.3. The summed E-state index contributed by atoms with van der Waals surface area (Å²) in [6, 6.07) is 2.87. The summed E-state index contributed by atoms with van der Waals surface area (Å²) >= 11 is 0. The first kappa shape index (κ1) is 15.2. The SMILES string of the molecule is CCNC(CCCc1cc(C)nn1CC)C(C)C. The van der Waals surface area contributed by atoms with Crippen LogP contribution < -0.4 is 5.32 Å². The summed E-state index contributed by atoms with van der Waals surface area (Å²) in [5.41, 5.74) is 2.52. The Morgan fingerprint density at radius 3 is 2.61 bits per heavy atom. The molecule has 1 atom stereocenters. The second-order valence-corrected chi connectivity index (χ2v) is 5.39. The van der Waals surface area contributed by atoms with Crippen molar-refractivity contribution in [3.05, 3.63) is 17.5 Å². The van der Waals surface area contributed by atoms with Crippen LogP contribution in [0.1, 0.15) is 51.9 Å². The number of aryl methyl sites for hydroxylation is 3. The second kappa shape index (κ2) is 7.57. The molecule has 0 saturated carbocycles. The van der Waals surface area contributed by atoms with Gasteiger partial charge < -0.3 is 5.32 Å². The Balaban J connectivity index is 2.44. The van der Waals surface area contributed by atoms with Crippen LogP contribution in [0.5, 0.6) is 0 Å². The Morgan fingerprint density at radius 2 is 2.06 bits per heavy atom. The van der Waals surface area contributed by atoms with Crippen molar-refractivity contribution in [1.82, 2.24) is 15.1 Å². The van der Waals surface area contributed by atoms with Gasteiger partial charge in [-0.1, -0.05) is 20.8 Å². The lowest BCUT2D eigenvalue weighted by molar-refractivity contribution is 0.375. The number of nitrogens with one attached hydrogen (secondary N) is 1. The van der Waals surface area contributed by atoms with Gasteiger partial charge in [-0.2, -0.15) is 5.10 Å². The summed E-state index contributed by atoms with van der Waals surface area (Å²) in [4.78, 5) is 0. The topological polar surface area (TPSA) is 29.9 Å². The van der Waals surface area contributed by atoms with Crippen LogP contribution in [0.3, 0.4) is 0 Å². The van der Waals surface area contributed by atoms with Gasteiger partial charge in [0.05, 0.1) is 5.69 Å². The third-order valence-corrected chi connectivity index (χ3v) is 3.50. The monoisotopic (exact) mass is 251 g/mol. The number of hydrogen-bond acceptors (Lipinski definition) is 2. The fraction of sp³-hybridized carbons (Fsp3) is 0.800. The van der Waals surface area contributed by atoms with Crippen LogP contribution in [0.25, 0.3) is 0 Å². The maximum Gasteiger partial charge on any atom is 0.0596 e. The smallest absolute Gasteiger partial charge is 0.0596 e. The minimum Gasteiger partial charge on any atom is -0.314 e. The summed E-state index contributed by atoms with van der Waals surface area (Å²) < 4.78 is 2.13. The van der Waals surface area contributed by atoms with E-state index in [0.717, 1.165) is 25.2 Å². The molecule has 1 aromatic heterocycles. The Morgan fingerprint density at radius 1 is 1.33 bits per heavy atom. The molecule has 0 fully saturated rings. The average molecular weight is 251 g/mol. The maximum absolute atomic E-state index is 4.50. The van der Waals surface area contributed by atoms with Crippen LogP contribution in [0.2, 0.25) is 0 Å². The van der Waals surface area contributed by atoms with E-state index in [1.165, 1.54) is 18.5 Å². The van der Waals surface area contributed by atoms with Gasteiger partial charge in [-0.3, -0.25) is 4.68 Å². The standard InChI is InChI=1S/C15H29N3/c1-6-16-15(12(3)4)10-8-9-14-11-13(5)17-18(14)7-2/h11-12,15-16H,6-10H2,1-5H3. The van der Waals surface area contributed by atoms with Gasteiger partial charge in [-0.25, -0.2) is 0 Å². The summed E-state index contributed by atoms with van der Waals surface area (Å²) in [7, 11) is 0. The largest absolute Gasteiger partial charge is 0.314 e. The summed E-state index contributed by atoms with van der Waals surface area (Å²) in [5.74, 6) is 0.711. The first-order valence-electron chi connectivity index (χ1n) is 7.35. The van der Waals surface area contributed by atoms with Crippen LogP contribution in [0, 0.1) is 12.8 Å². The third kappa shape index (κ3) is 4.45. The molecule has 0 spiro atoms. The molecule has 18 heavy (non-hydrogen) atoms. The molecule has 1 heterocycles. The maximum atomic E-state index is 4.50. The van der Waals surface area contributed by atoms with E-state index in [2.05, 4.69) is 55.8 Å². The zero-order valence-corrected chi connectivity index (χ0v) is 12.7. The highest BCUT2D eigenvalue weighted by Crippen LogP contribution is 2.13. The van der Waals surface area contributed by atoms with Crippen molar-refractivity contribution in [2.45, 2.75) is 66.5 Å². The molecule has 0 aromatic carbocycles. The van der Waals surface area contributed by atoms with Gasteiger partial charge in [0, 0.05) is 18.3 Å². The number of nitrogens with zero attached hydrogens (tertiary/aromatic N) is 2. The highest BCUT2D eigenvalue weighted by Gasteiger charge is 2.12. The van der Waals surface area contributed by atoms with Crippen molar-refractivity contribution in [1.29, 1.82) is 0 Å². The fourth-order valence-electron chi connectivity index (χ4n) is 2.51. The van der Waals surface area contributed by atoms with E-state index in [0.29, 0.717) is 12.0 Å². The zero-order chi connectivity index (χ0) is 13.5. The molecule has 0 bridgehead atoms. The average Bonchev–Trinajstić information content (AvgIpc) is 2.68. The van der Waals surface area contributed by atoms with Crippen molar-refractivity contribution in [3.63, 3.8) is 0 Å². The molecule has 1 rings (SSSR count). The molecule has 3 heteroatoms. The molecular formula is C15H29N3. The molecule has 1 aromatic rings. The molecule has 0 aliphatic heterocycles. The minimum atomic E-state index is 0.647. The van der Waals surface area contributed by atoms with Gasteiger partial charge in [0.2, 0.25) is 0 Å². The van der Waals surface area contributed by atoms with Gasteiger partial charge in [0.25, 0.3) is 0 Å². The van der Waals surface area contributed by atoms with Crippen LogP contribution in [0.4, 0.5) is 0 Å². The zero-order valence-electron chi connectivity index (χ0n) is 12.7. The predicted molar refractivity (Wildman–Crippen MR) is 77.9 cm³/mol. The van der Waals surface area contributed by atoms with Gasteiger partial charge in [0.1, 0.15) is 0 Å². The van der Waals surface area contributed by atoms with E-state index >= 15 is 0 Å². The first-order valence-corrected chi connectivity index (χ1v) is 7.35. The van der Waals surface area contributed by atoms with E-state index in [-0.39, 0.29) is 0 Å². The Labute approximate surface area is 112 Å². The summed E-state index contributed by atoms with van der Waals surface area (Å²) in [6.07, 6.45) is 3.63. The molecule has 3 nitrogen and oxygen atoms in total. The Hall–Kier alpha value is -0.830. The minimum absolute atomic E-state index is 0.647. The Kier molecular flexibility index (Phi) is 6.41. The van der Waals surface area contributed by atoms with Crippen LogP contribution in [-0.4, -0.2) is 22.4 Å². The van der Waals surface area contributed by atoms with Crippen molar-refractivity contribution in [3.8, 4) is 0 Å². The van der Waals surface area contributed by atoms with Gasteiger partial charge in [-0.15, -0.1) is 0 Å². The molecule has 0 aliphatic carbocycles. The second-order valence-electron chi connectivity index (χ2n) is 5.39. The predicted octanol–water partition coefficient (Wildman–Crippen LogP) is 3.17. The van der Waals surface area contributed by atoms with Crippen LogP contribution in [-0.2, 0) is 13.0 Å². The van der Waals surface area contributed by atoms with Gasteiger partial charge in [-0.05, 0) is 51.6 Å². The van der Waals surface area contributed by atoms with E-state index < -0.39 is 0 Å². The van der Waals surface area contributed by atoms with Crippen molar-refractivity contribution in [2.24, 2.45) is 5.92 Å². The highest BCUT2D eigenvalue weighted by molar-refractivity contribution is 5.09. The molecule has 1 unspecified atom stereocenters. The molecule has 0 amide bonds. The molecule has 0 aliphatic rings. The molecule has 0 radical (unpaired) electrons. The van der Waals surface area contributed by atoms with Crippen molar-refractivity contribution < 1.29 is 0 Å². The lowest BCUT2D eigenvalue weighted by Gasteiger charge is -2.21. The quantitative estimate of drug-likeness (QED) is 0.769. The van der Waals surface area contributed by atoms with E-state index in [4.69, 9.17) is 0 Å². The fourth-order valence-corrected chi connectivity index (χ4v) is 2.51. The van der Waals surface area contributed by atoms with Crippen LogP contribution >= 0.6 is 0 Å². The van der Waals surface area contributed by atoms with Gasteiger partial charge >= 0.3 is 0 Å². The lowest BCUT2D eigenvalue weighted by Crippen LogP contribution is -2.33. The van der Waals surface area contributed by atoms with Crippen molar-refractivity contribution in [2.75, 3.05) is 6.54 Å². The molecule has 0 saturated heterocycles. The summed E-state index contributed by atoms with van der Waals surface area (Å²) in [5, 5.41) is 8.08. The third-order valence-electron chi connectivity index (χ3n) is 3.50. The molecule has 1 N–H and O–H groups in total. The van der Waals surface area contributed by atoms with Crippen LogP contribution in [0.15, 0.2) is 6.07 Å². The van der Waals surface area contributed by atoms with E-state index in [1.54, 1.807) is 0 Å². The van der Waals surface area contributed by atoms with E-state index in [1.807, 2.05) is 0 Å². The van der Waals surface area contributed by atoms with E-state index in [9.17, 15) is 0 Å².